The molecule has 1 aromatic rings. The topological polar surface area (TPSA) is 54.0 Å². The largest absolute Gasteiger partial charge is 0.390 e. The van der Waals surface area contributed by atoms with E-state index in [2.05, 4.69) is 15.6 Å². The monoisotopic (exact) mass is 281 g/mol. The highest BCUT2D eigenvalue weighted by Crippen LogP contribution is 2.19. The van der Waals surface area contributed by atoms with Gasteiger partial charge in [-0.2, -0.15) is 13.2 Å². The van der Waals surface area contributed by atoms with Gasteiger partial charge in [0.2, 0.25) is 0 Å². The van der Waals surface area contributed by atoms with Crippen molar-refractivity contribution in [2.75, 3.05) is 18.9 Å². The minimum atomic E-state index is -4.31. The molecule has 1 heterocycles. The summed E-state index contributed by atoms with van der Waals surface area (Å²) in [6.07, 6.45) is -5.40. The molecule has 0 aromatic carbocycles. The summed E-state index contributed by atoms with van der Waals surface area (Å²) < 4.78 is 35.7. The maximum absolute atomic E-state index is 11.9. The van der Waals surface area contributed by atoms with E-state index in [1.165, 1.54) is 6.07 Å². The number of amides is 1. The van der Waals surface area contributed by atoms with Crippen LogP contribution in [0.15, 0.2) is 12.1 Å². The van der Waals surface area contributed by atoms with Crippen LogP contribution in [0.5, 0.6) is 0 Å². The van der Waals surface area contributed by atoms with Gasteiger partial charge in [-0.15, -0.1) is 0 Å². The van der Waals surface area contributed by atoms with Crippen molar-refractivity contribution in [1.82, 2.24) is 10.3 Å². The van der Waals surface area contributed by atoms with Crippen LogP contribution in [0, 0.1) is 0 Å². The number of anilines is 1. The number of hydrogen-bond donors (Lipinski definition) is 2. The molecular formula is C10H11ClF3N3O. The molecule has 18 heavy (non-hydrogen) atoms. The van der Waals surface area contributed by atoms with Gasteiger partial charge in [0.1, 0.15) is 11.5 Å². The number of halogens is 4. The summed E-state index contributed by atoms with van der Waals surface area (Å²) in [5, 5.41) is 4.90. The first-order valence-electron chi connectivity index (χ1n) is 5.03. The van der Waals surface area contributed by atoms with Crippen LogP contribution in [0.1, 0.15) is 16.9 Å². The molecular weight excluding hydrogens is 271 g/mol. The maximum atomic E-state index is 11.9. The molecule has 0 aliphatic rings. The van der Waals surface area contributed by atoms with Gasteiger partial charge in [0.15, 0.2) is 0 Å². The molecule has 0 aliphatic heterocycles. The van der Waals surface area contributed by atoms with Crippen molar-refractivity contribution in [3.63, 3.8) is 0 Å². The zero-order valence-corrected chi connectivity index (χ0v) is 10.2. The smallest absolute Gasteiger partial charge is 0.373 e. The Labute approximate surface area is 107 Å². The molecule has 0 saturated carbocycles. The van der Waals surface area contributed by atoms with Gasteiger partial charge in [0.25, 0.3) is 5.91 Å². The van der Waals surface area contributed by atoms with Crippen LogP contribution < -0.4 is 10.6 Å². The number of rotatable bonds is 4. The molecule has 0 atom stereocenters. The van der Waals surface area contributed by atoms with Crippen molar-refractivity contribution >= 4 is 23.3 Å². The summed E-state index contributed by atoms with van der Waals surface area (Å²) >= 11 is 5.74. The summed E-state index contributed by atoms with van der Waals surface area (Å²) in [7, 11) is 1.60. The fourth-order valence-corrected chi connectivity index (χ4v) is 1.33. The number of alkyl halides is 3. The molecule has 4 nitrogen and oxygen atoms in total. The normalized spacial score (nSPS) is 11.2. The van der Waals surface area contributed by atoms with Crippen LogP contribution in [0.2, 0.25) is 5.02 Å². The molecule has 0 radical (unpaired) electrons. The van der Waals surface area contributed by atoms with Crippen molar-refractivity contribution in [1.29, 1.82) is 0 Å². The van der Waals surface area contributed by atoms with E-state index in [-0.39, 0.29) is 10.7 Å². The van der Waals surface area contributed by atoms with E-state index in [1.807, 2.05) is 0 Å². The lowest BCUT2D eigenvalue weighted by Crippen LogP contribution is -2.29. The minimum Gasteiger partial charge on any atom is -0.373 e. The maximum Gasteiger partial charge on any atom is 0.390 e. The van der Waals surface area contributed by atoms with Crippen LogP contribution in [0.4, 0.5) is 19.0 Å². The third kappa shape index (κ3) is 4.40. The number of nitrogens with zero attached hydrogens (tertiary/aromatic N) is 1. The van der Waals surface area contributed by atoms with Crippen LogP contribution in [0.3, 0.4) is 0 Å². The molecule has 0 spiro atoms. The third-order valence-electron chi connectivity index (χ3n) is 2.01. The Morgan fingerprint density at radius 3 is 2.67 bits per heavy atom. The van der Waals surface area contributed by atoms with Gasteiger partial charge < -0.3 is 10.6 Å². The molecule has 0 fully saturated rings. The minimum absolute atomic E-state index is 0.0820. The Balaban J connectivity index is 2.66. The van der Waals surface area contributed by atoms with E-state index in [9.17, 15) is 18.0 Å². The number of hydrogen-bond acceptors (Lipinski definition) is 3. The number of nitrogens with one attached hydrogen (secondary N) is 2. The second-order valence-corrected chi connectivity index (χ2v) is 3.81. The molecule has 0 bridgehead atoms. The Hall–Kier alpha value is -1.50. The van der Waals surface area contributed by atoms with Gasteiger partial charge in [-0.05, 0) is 12.1 Å². The van der Waals surface area contributed by atoms with E-state index in [4.69, 9.17) is 11.6 Å². The summed E-state index contributed by atoms with van der Waals surface area (Å²) in [6.45, 7) is -0.510. The van der Waals surface area contributed by atoms with E-state index >= 15 is 0 Å². The van der Waals surface area contributed by atoms with Crippen molar-refractivity contribution < 1.29 is 18.0 Å². The summed E-state index contributed by atoms with van der Waals surface area (Å²) in [6, 6.07) is 2.99. The number of aromatic nitrogens is 1. The SMILES string of the molecule is CNc1ccc(Cl)c(C(=O)NCCC(F)(F)F)n1. The van der Waals surface area contributed by atoms with E-state index in [0.717, 1.165) is 0 Å². The first-order valence-corrected chi connectivity index (χ1v) is 5.40. The Morgan fingerprint density at radius 2 is 2.11 bits per heavy atom. The quantitative estimate of drug-likeness (QED) is 0.891. The Kier molecular flexibility index (Phi) is 4.77. The average molecular weight is 282 g/mol. The molecule has 0 unspecified atom stereocenters. The fourth-order valence-electron chi connectivity index (χ4n) is 1.14. The zero-order chi connectivity index (χ0) is 13.8. The molecule has 0 saturated heterocycles. The van der Waals surface area contributed by atoms with Gasteiger partial charge in [0, 0.05) is 13.6 Å². The average Bonchev–Trinajstić information content (AvgIpc) is 2.27. The number of pyridine rings is 1. The Bertz CT molecular complexity index is 437. The summed E-state index contributed by atoms with van der Waals surface area (Å²) in [5.74, 6) is -0.332. The highest BCUT2D eigenvalue weighted by atomic mass is 35.5. The third-order valence-corrected chi connectivity index (χ3v) is 2.32. The standard InChI is InChI=1S/C10H11ClF3N3O/c1-15-7-3-2-6(11)8(17-7)9(18)16-5-4-10(12,13)14/h2-3H,4-5H2,1H3,(H,15,17)(H,16,18). The lowest BCUT2D eigenvalue weighted by atomic mass is 10.3. The molecule has 0 aliphatic carbocycles. The van der Waals surface area contributed by atoms with E-state index < -0.39 is 25.0 Å². The number of carbonyl (C=O) groups is 1. The van der Waals surface area contributed by atoms with Gasteiger partial charge in [-0.3, -0.25) is 4.79 Å². The van der Waals surface area contributed by atoms with Crippen LogP contribution in [-0.2, 0) is 0 Å². The first kappa shape index (κ1) is 14.6. The molecule has 1 aromatic heterocycles. The second kappa shape index (κ2) is 5.90. The lowest BCUT2D eigenvalue weighted by molar-refractivity contribution is -0.132. The van der Waals surface area contributed by atoms with Crippen molar-refractivity contribution in [2.45, 2.75) is 12.6 Å². The highest BCUT2D eigenvalue weighted by Gasteiger charge is 2.26. The predicted molar refractivity (Wildman–Crippen MR) is 61.8 cm³/mol. The fraction of sp³-hybridized carbons (Fsp3) is 0.400. The predicted octanol–water partition coefficient (Wildman–Crippen LogP) is 2.46. The molecule has 8 heteroatoms. The van der Waals surface area contributed by atoms with Gasteiger partial charge in [-0.25, -0.2) is 4.98 Å². The zero-order valence-electron chi connectivity index (χ0n) is 9.44. The van der Waals surface area contributed by atoms with Crippen molar-refractivity contribution in [3.8, 4) is 0 Å². The second-order valence-electron chi connectivity index (χ2n) is 3.40. The van der Waals surface area contributed by atoms with Gasteiger partial charge >= 0.3 is 6.18 Å². The summed E-state index contributed by atoms with van der Waals surface area (Å²) in [5.41, 5.74) is -0.106. The van der Waals surface area contributed by atoms with E-state index in [0.29, 0.717) is 5.82 Å². The lowest BCUT2D eigenvalue weighted by Gasteiger charge is -2.09. The first-order chi connectivity index (χ1) is 8.33. The highest BCUT2D eigenvalue weighted by molar-refractivity contribution is 6.33. The van der Waals surface area contributed by atoms with Crippen LogP contribution >= 0.6 is 11.6 Å². The molecule has 2 N–H and O–H groups in total. The summed E-state index contributed by atoms with van der Waals surface area (Å²) in [4.78, 5) is 15.4. The molecule has 1 amide bonds. The van der Waals surface area contributed by atoms with E-state index in [1.54, 1.807) is 13.1 Å². The molecule has 1 rings (SSSR count). The van der Waals surface area contributed by atoms with Crippen LogP contribution in [0.25, 0.3) is 0 Å². The van der Waals surface area contributed by atoms with Crippen molar-refractivity contribution in [3.05, 3.63) is 22.8 Å². The Morgan fingerprint density at radius 1 is 1.44 bits per heavy atom. The van der Waals surface area contributed by atoms with Gasteiger partial charge in [-0.1, -0.05) is 11.6 Å². The molecule has 100 valence electrons. The number of carbonyl (C=O) groups excluding carboxylic acids is 1. The van der Waals surface area contributed by atoms with Gasteiger partial charge in [0.05, 0.1) is 11.4 Å². The van der Waals surface area contributed by atoms with Crippen LogP contribution in [-0.4, -0.2) is 30.7 Å². The van der Waals surface area contributed by atoms with Crippen molar-refractivity contribution in [2.24, 2.45) is 0 Å².